The predicted molar refractivity (Wildman–Crippen MR) is 94.1 cm³/mol. The van der Waals surface area contributed by atoms with E-state index in [-0.39, 0.29) is 5.41 Å². The molecular weight excluding hydrogens is 331 g/mol. The van der Waals surface area contributed by atoms with E-state index in [2.05, 4.69) is 54.9 Å². The molecule has 1 aromatic carbocycles. The molecule has 0 amide bonds. The number of fused-ring (bicyclic) bond motifs is 1. The van der Waals surface area contributed by atoms with Gasteiger partial charge in [0.15, 0.2) is 16.3 Å². The van der Waals surface area contributed by atoms with E-state index in [1.165, 1.54) is 5.56 Å². The van der Waals surface area contributed by atoms with E-state index in [0.717, 1.165) is 17.1 Å². The van der Waals surface area contributed by atoms with Crippen LogP contribution in [0.5, 0.6) is 0 Å². The summed E-state index contributed by atoms with van der Waals surface area (Å²) in [6.07, 6.45) is 0. The monoisotopic (exact) mass is 348 g/mol. The van der Waals surface area contributed by atoms with Crippen LogP contribution in [0.4, 0.5) is 0 Å². The van der Waals surface area contributed by atoms with Crippen LogP contribution in [-0.4, -0.2) is 19.6 Å². The fourth-order valence-electron chi connectivity index (χ4n) is 2.35. The number of halogens is 2. The Morgan fingerprint density at radius 1 is 1.04 bits per heavy atom. The first-order valence-electron chi connectivity index (χ1n) is 7.39. The molecule has 0 bridgehead atoms. The van der Waals surface area contributed by atoms with Crippen LogP contribution >= 0.6 is 23.2 Å². The van der Waals surface area contributed by atoms with Gasteiger partial charge in [-0.05, 0) is 6.92 Å². The highest BCUT2D eigenvalue weighted by molar-refractivity contribution is 6.43. The van der Waals surface area contributed by atoms with Gasteiger partial charge in [-0.25, -0.2) is 9.97 Å². The van der Waals surface area contributed by atoms with E-state index in [1.54, 1.807) is 4.52 Å². The van der Waals surface area contributed by atoms with Gasteiger partial charge in [-0.15, -0.1) is 0 Å². The Kier molecular flexibility index (Phi) is 4.07. The lowest BCUT2D eigenvalue weighted by molar-refractivity contribution is 0.516. The highest BCUT2D eigenvalue weighted by atomic mass is 35.5. The fourth-order valence-corrected chi connectivity index (χ4v) is 2.55. The minimum atomic E-state index is -0.765. The first-order valence-corrected chi connectivity index (χ1v) is 8.26. The average Bonchev–Trinajstić information content (AvgIpc) is 2.89. The van der Waals surface area contributed by atoms with Crippen molar-refractivity contribution in [1.82, 2.24) is 19.6 Å². The summed E-state index contributed by atoms with van der Waals surface area (Å²) >= 11 is 12.0. The molecule has 2 aromatic heterocycles. The molecule has 3 aromatic rings. The minimum absolute atomic E-state index is 0.213. The van der Waals surface area contributed by atoms with Gasteiger partial charge in [-0.3, -0.25) is 0 Å². The van der Waals surface area contributed by atoms with Gasteiger partial charge < -0.3 is 0 Å². The second-order valence-corrected chi connectivity index (χ2v) is 7.72. The van der Waals surface area contributed by atoms with Gasteiger partial charge in [0.1, 0.15) is 5.82 Å². The Morgan fingerprint density at radius 2 is 1.70 bits per heavy atom. The molecule has 0 saturated heterocycles. The van der Waals surface area contributed by atoms with Crippen molar-refractivity contribution in [1.29, 1.82) is 0 Å². The summed E-state index contributed by atoms with van der Waals surface area (Å²) in [6.45, 7) is 8.28. The van der Waals surface area contributed by atoms with Crippen LogP contribution in [0.1, 0.15) is 42.8 Å². The van der Waals surface area contributed by atoms with Gasteiger partial charge in [0.05, 0.1) is 5.69 Å². The Labute approximate surface area is 145 Å². The van der Waals surface area contributed by atoms with Crippen LogP contribution < -0.4 is 0 Å². The Bertz CT molecular complexity index is 845. The average molecular weight is 349 g/mol. The third-order valence-corrected chi connectivity index (χ3v) is 3.94. The van der Waals surface area contributed by atoms with E-state index in [0.29, 0.717) is 11.5 Å². The van der Waals surface area contributed by atoms with Gasteiger partial charge in [0, 0.05) is 17.0 Å². The maximum absolute atomic E-state index is 5.98. The zero-order valence-corrected chi connectivity index (χ0v) is 15.0. The number of alkyl halides is 2. The van der Waals surface area contributed by atoms with E-state index in [1.807, 2.05) is 18.2 Å². The molecular formula is C17H18Cl2N4. The maximum Gasteiger partial charge on any atom is 0.167 e. The molecule has 4 nitrogen and oxygen atoms in total. The minimum Gasteiger partial charge on any atom is -0.214 e. The summed E-state index contributed by atoms with van der Waals surface area (Å²) in [5.41, 5.74) is 3.58. The molecule has 0 saturated carbocycles. The lowest BCUT2D eigenvalue weighted by Crippen LogP contribution is -2.21. The van der Waals surface area contributed by atoms with Crippen LogP contribution in [-0.2, 0) is 5.41 Å². The van der Waals surface area contributed by atoms with Gasteiger partial charge in [0.2, 0.25) is 0 Å². The second kappa shape index (κ2) is 5.77. The van der Waals surface area contributed by atoms with Crippen molar-refractivity contribution in [3.8, 4) is 11.3 Å². The van der Waals surface area contributed by atoms with Gasteiger partial charge in [-0.1, -0.05) is 73.8 Å². The van der Waals surface area contributed by atoms with Crippen molar-refractivity contribution < 1.29 is 0 Å². The number of hydrogen-bond donors (Lipinski definition) is 0. The molecule has 120 valence electrons. The molecule has 0 spiro atoms. The van der Waals surface area contributed by atoms with Crippen LogP contribution in [0.15, 0.2) is 30.3 Å². The Balaban J connectivity index is 2.23. The normalized spacial score (nSPS) is 12.3. The number of nitrogens with zero attached hydrogens (tertiary/aromatic N) is 4. The Morgan fingerprint density at radius 3 is 2.26 bits per heavy atom. The standard InChI is InChI=1S/C17H18Cl2N4/c1-10-5-7-11(8-6-10)12-9-13-20-15(14(18)19)21-16(17(2,3)4)23(13)22-12/h5-9,14H,1-4H3. The number of rotatable bonds is 2. The lowest BCUT2D eigenvalue weighted by atomic mass is 9.96. The van der Waals surface area contributed by atoms with E-state index in [9.17, 15) is 0 Å². The highest BCUT2D eigenvalue weighted by Gasteiger charge is 2.24. The zero-order chi connectivity index (χ0) is 16.8. The lowest BCUT2D eigenvalue weighted by Gasteiger charge is -2.19. The molecule has 6 heteroatoms. The Hall–Kier alpha value is -1.65. The summed E-state index contributed by atoms with van der Waals surface area (Å²) in [7, 11) is 0. The molecule has 0 atom stereocenters. The summed E-state index contributed by atoms with van der Waals surface area (Å²) in [5, 5.41) is 4.68. The van der Waals surface area contributed by atoms with Crippen molar-refractivity contribution in [3.63, 3.8) is 0 Å². The van der Waals surface area contributed by atoms with Crippen molar-refractivity contribution in [2.24, 2.45) is 0 Å². The van der Waals surface area contributed by atoms with Crippen LogP contribution in [0.3, 0.4) is 0 Å². The van der Waals surface area contributed by atoms with Crippen molar-refractivity contribution in [3.05, 3.63) is 47.5 Å². The number of aryl methyl sites for hydroxylation is 1. The first-order chi connectivity index (χ1) is 10.8. The predicted octanol–water partition coefficient (Wildman–Crippen LogP) is 4.87. The summed E-state index contributed by atoms with van der Waals surface area (Å²) in [5.74, 6) is 1.18. The number of aromatic nitrogens is 4. The zero-order valence-electron chi connectivity index (χ0n) is 13.5. The number of benzene rings is 1. The third-order valence-electron chi connectivity index (χ3n) is 3.55. The van der Waals surface area contributed by atoms with E-state index in [4.69, 9.17) is 23.2 Å². The molecule has 0 unspecified atom stereocenters. The highest BCUT2D eigenvalue weighted by Crippen LogP contribution is 2.28. The first kappa shape index (κ1) is 16.2. The summed E-state index contributed by atoms with van der Waals surface area (Å²) in [6, 6.07) is 10.2. The molecule has 23 heavy (non-hydrogen) atoms. The van der Waals surface area contributed by atoms with Crippen LogP contribution in [0.25, 0.3) is 16.9 Å². The van der Waals surface area contributed by atoms with Gasteiger partial charge in [0.25, 0.3) is 0 Å². The van der Waals surface area contributed by atoms with Crippen molar-refractivity contribution >= 4 is 28.8 Å². The van der Waals surface area contributed by atoms with Gasteiger partial charge >= 0.3 is 0 Å². The third kappa shape index (κ3) is 3.19. The van der Waals surface area contributed by atoms with Crippen LogP contribution in [0.2, 0.25) is 0 Å². The molecule has 3 rings (SSSR count). The van der Waals surface area contributed by atoms with Crippen molar-refractivity contribution in [2.75, 3.05) is 0 Å². The number of hydrogen-bond acceptors (Lipinski definition) is 3. The quantitative estimate of drug-likeness (QED) is 0.620. The molecule has 0 N–H and O–H groups in total. The van der Waals surface area contributed by atoms with E-state index < -0.39 is 4.84 Å². The molecule has 0 aliphatic rings. The summed E-state index contributed by atoms with van der Waals surface area (Å²) < 4.78 is 1.77. The molecule has 0 radical (unpaired) electrons. The van der Waals surface area contributed by atoms with Crippen molar-refractivity contribution in [2.45, 2.75) is 37.9 Å². The maximum atomic E-state index is 5.98. The topological polar surface area (TPSA) is 43.1 Å². The second-order valence-electron chi connectivity index (χ2n) is 6.62. The SMILES string of the molecule is Cc1ccc(-c2cc3nc(C(Cl)Cl)nc(C(C)(C)C)n3n2)cc1. The fraction of sp³-hybridized carbons (Fsp3) is 0.353. The molecule has 0 fully saturated rings. The van der Waals surface area contributed by atoms with E-state index >= 15 is 0 Å². The summed E-state index contributed by atoms with van der Waals surface area (Å²) in [4.78, 5) is 8.19. The molecule has 0 aliphatic heterocycles. The van der Waals surface area contributed by atoms with Gasteiger partial charge in [-0.2, -0.15) is 9.61 Å². The smallest absolute Gasteiger partial charge is 0.167 e. The molecule has 0 aliphatic carbocycles. The van der Waals surface area contributed by atoms with Crippen LogP contribution in [0, 0.1) is 6.92 Å². The molecule has 2 heterocycles. The largest absolute Gasteiger partial charge is 0.214 e.